The molecule has 0 saturated carbocycles. The Hall–Kier alpha value is -3.08. The molecule has 2 aromatic carbocycles. The molecule has 23 heavy (non-hydrogen) atoms. The van der Waals surface area contributed by atoms with Gasteiger partial charge in [0.15, 0.2) is 0 Å². The summed E-state index contributed by atoms with van der Waals surface area (Å²) in [5.74, 6) is -1.16. The van der Waals surface area contributed by atoms with Crippen LogP contribution in [0.4, 0.5) is 5.69 Å². The van der Waals surface area contributed by atoms with E-state index in [1.54, 1.807) is 36.4 Å². The highest BCUT2D eigenvalue weighted by atomic mass is 16.5. The van der Waals surface area contributed by atoms with E-state index in [9.17, 15) is 9.59 Å². The van der Waals surface area contributed by atoms with Crippen molar-refractivity contribution in [2.45, 2.75) is 6.92 Å². The highest BCUT2D eigenvalue weighted by molar-refractivity contribution is 6.11. The number of ether oxygens (including phenoxy) is 1. The second kappa shape index (κ2) is 7.26. The average molecular weight is 311 g/mol. The lowest BCUT2D eigenvalue weighted by Gasteiger charge is -2.13. The van der Waals surface area contributed by atoms with E-state index >= 15 is 0 Å². The van der Waals surface area contributed by atoms with Crippen LogP contribution in [-0.4, -0.2) is 23.6 Å². The molecule has 5 heteroatoms. The fourth-order valence-electron chi connectivity index (χ4n) is 1.95. The summed E-state index contributed by atoms with van der Waals surface area (Å²) in [5.41, 5.74) is 1.36. The number of anilines is 1. The summed E-state index contributed by atoms with van der Waals surface area (Å²) in [7, 11) is 0. The third-order valence-corrected chi connectivity index (χ3v) is 3.01. The van der Waals surface area contributed by atoms with Crippen molar-refractivity contribution >= 4 is 17.6 Å². The average Bonchev–Trinajstić information content (AvgIpc) is 2.53. The second-order valence-electron chi connectivity index (χ2n) is 5.05. The Labute approximate surface area is 134 Å². The van der Waals surface area contributed by atoms with Gasteiger partial charge in [0, 0.05) is 0 Å². The Morgan fingerprint density at radius 1 is 1.09 bits per heavy atom. The zero-order valence-corrected chi connectivity index (χ0v) is 12.7. The molecule has 0 aliphatic carbocycles. The first-order valence-corrected chi connectivity index (χ1v) is 6.99. The summed E-state index contributed by atoms with van der Waals surface area (Å²) >= 11 is 0. The second-order valence-corrected chi connectivity index (χ2v) is 5.05. The van der Waals surface area contributed by atoms with Gasteiger partial charge in [0.05, 0.1) is 16.8 Å². The first-order chi connectivity index (χ1) is 11.0. The predicted octanol–water partition coefficient (Wildman–Crippen LogP) is 3.59. The summed E-state index contributed by atoms with van der Waals surface area (Å²) in [5, 5.41) is 11.9. The van der Waals surface area contributed by atoms with Gasteiger partial charge in [0.25, 0.3) is 5.91 Å². The van der Waals surface area contributed by atoms with Gasteiger partial charge in [-0.05, 0) is 36.8 Å². The van der Waals surface area contributed by atoms with Gasteiger partial charge in [-0.3, -0.25) is 4.79 Å². The number of carboxylic acid groups (broad SMARTS) is 1. The van der Waals surface area contributed by atoms with E-state index in [2.05, 4.69) is 11.9 Å². The maximum absolute atomic E-state index is 12.4. The molecule has 0 bridgehead atoms. The Morgan fingerprint density at radius 3 is 2.35 bits per heavy atom. The quantitative estimate of drug-likeness (QED) is 0.799. The number of carbonyl (C=O) groups excluding carboxylic acids is 1. The zero-order valence-electron chi connectivity index (χ0n) is 12.7. The van der Waals surface area contributed by atoms with Crippen LogP contribution >= 0.6 is 0 Å². The van der Waals surface area contributed by atoms with Crippen molar-refractivity contribution in [3.05, 3.63) is 71.8 Å². The van der Waals surface area contributed by atoms with E-state index in [0.29, 0.717) is 18.0 Å². The Balaban J connectivity index is 2.24. The van der Waals surface area contributed by atoms with Crippen LogP contribution in [0.2, 0.25) is 0 Å². The third kappa shape index (κ3) is 4.20. The van der Waals surface area contributed by atoms with Gasteiger partial charge in [-0.1, -0.05) is 30.8 Å². The topological polar surface area (TPSA) is 75.6 Å². The smallest absolute Gasteiger partial charge is 0.336 e. The number of rotatable bonds is 6. The van der Waals surface area contributed by atoms with Crippen LogP contribution in [0.5, 0.6) is 5.75 Å². The van der Waals surface area contributed by atoms with Gasteiger partial charge in [-0.15, -0.1) is 0 Å². The molecule has 0 unspecified atom stereocenters. The Morgan fingerprint density at radius 2 is 1.70 bits per heavy atom. The lowest BCUT2D eigenvalue weighted by atomic mass is 10.1. The van der Waals surface area contributed by atoms with Crippen molar-refractivity contribution in [1.82, 2.24) is 0 Å². The molecule has 5 nitrogen and oxygen atoms in total. The summed E-state index contributed by atoms with van der Waals surface area (Å²) in [6.07, 6.45) is 0. The first-order valence-electron chi connectivity index (χ1n) is 6.99. The van der Waals surface area contributed by atoms with Crippen molar-refractivity contribution in [3.63, 3.8) is 0 Å². The third-order valence-electron chi connectivity index (χ3n) is 3.01. The molecular formula is C18H17NO4. The van der Waals surface area contributed by atoms with Crippen LogP contribution in [0.25, 0.3) is 0 Å². The number of hydrogen-bond donors (Lipinski definition) is 2. The van der Waals surface area contributed by atoms with Crippen LogP contribution < -0.4 is 10.1 Å². The molecule has 2 aromatic rings. The highest BCUT2D eigenvalue weighted by Gasteiger charge is 2.17. The van der Waals surface area contributed by atoms with Crippen molar-refractivity contribution < 1.29 is 19.4 Å². The van der Waals surface area contributed by atoms with Crippen LogP contribution in [0.3, 0.4) is 0 Å². The minimum atomic E-state index is -1.15. The molecule has 0 radical (unpaired) electrons. The maximum atomic E-state index is 12.4. The number of nitrogens with one attached hydrogen (secondary N) is 1. The Kier molecular flexibility index (Phi) is 5.15. The molecule has 118 valence electrons. The predicted molar refractivity (Wildman–Crippen MR) is 88.1 cm³/mol. The van der Waals surface area contributed by atoms with E-state index in [0.717, 1.165) is 5.57 Å². The summed E-state index contributed by atoms with van der Waals surface area (Å²) in [6, 6.07) is 13.0. The number of hydrogen-bond acceptors (Lipinski definition) is 3. The lowest BCUT2D eigenvalue weighted by Crippen LogP contribution is -2.17. The van der Waals surface area contributed by atoms with Gasteiger partial charge >= 0.3 is 5.97 Å². The monoisotopic (exact) mass is 311 g/mol. The summed E-state index contributed by atoms with van der Waals surface area (Å²) in [6.45, 7) is 5.93. The molecule has 0 aliphatic rings. The van der Waals surface area contributed by atoms with Gasteiger partial charge in [0.1, 0.15) is 12.4 Å². The van der Waals surface area contributed by atoms with Crippen molar-refractivity contribution in [1.29, 1.82) is 0 Å². The molecule has 0 aliphatic heterocycles. The number of carboxylic acids is 1. The van der Waals surface area contributed by atoms with Crippen molar-refractivity contribution in [3.8, 4) is 5.75 Å². The van der Waals surface area contributed by atoms with Gasteiger partial charge in [0.2, 0.25) is 0 Å². The molecule has 2 N–H and O–H groups in total. The lowest BCUT2D eigenvalue weighted by molar-refractivity contribution is 0.0692. The summed E-state index contributed by atoms with van der Waals surface area (Å²) < 4.78 is 5.58. The van der Waals surface area contributed by atoms with E-state index < -0.39 is 11.9 Å². The fraction of sp³-hybridized carbons (Fsp3) is 0.111. The molecule has 0 atom stereocenters. The standard InChI is InChI=1S/C18H17NO4/c1-12(2)11-23-16-10-6-5-9-15(16)19-17(20)13-7-3-4-8-14(13)18(21)22/h3-10H,1,11H2,2H3,(H,19,20)(H,21,22). The number of amides is 1. The molecule has 1 amide bonds. The van der Waals surface area contributed by atoms with E-state index in [4.69, 9.17) is 9.84 Å². The zero-order chi connectivity index (χ0) is 16.8. The number of aromatic carboxylic acids is 1. The molecule has 0 aromatic heterocycles. The van der Waals surface area contributed by atoms with Gasteiger partial charge < -0.3 is 15.2 Å². The van der Waals surface area contributed by atoms with Gasteiger partial charge in [-0.25, -0.2) is 4.79 Å². The van der Waals surface area contributed by atoms with Crippen LogP contribution in [0.15, 0.2) is 60.7 Å². The molecule has 0 heterocycles. The van der Waals surface area contributed by atoms with Crippen molar-refractivity contribution in [2.75, 3.05) is 11.9 Å². The minimum Gasteiger partial charge on any atom is -0.487 e. The van der Waals surface area contributed by atoms with Crippen molar-refractivity contribution in [2.24, 2.45) is 0 Å². The minimum absolute atomic E-state index is 0.0506. The number of carbonyl (C=O) groups is 2. The van der Waals surface area contributed by atoms with Crippen LogP contribution in [0.1, 0.15) is 27.6 Å². The van der Waals surface area contributed by atoms with E-state index in [1.807, 2.05) is 6.92 Å². The fourth-order valence-corrected chi connectivity index (χ4v) is 1.95. The molecule has 0 fully saturated rings. The molecular weight excluding hydrogens is 294 g/mol. The largest absolute Gasteiger partial charge is 0.487 e. The molecule has 0 saturated heterocycles. The van der Waals surface area contributed by atoms with E-state index in [-0.39, 0.29) is 11.1 Å². The van der Waals surface area contributed by atoms with Gasteiger partial charge in [-0.2, -0.15) is 0 Å². The SMILES string of the molecule is C=C(C)COc1ccccc1NC(=O)c1ccccc1C(=O)O. The first kappa shape index (κ1) is 16.3. The maximum Gasteiger partial charge on any atom is 0.336 e. The number of para-hydroxylation sites is 2. The molecule has 0 spiro atoms. The van der Waals surface area contributed by atoms with E-state index in [1.165, 1.54) is 12.1 Å². The summed E-state index contributed by atoms with van der Waals surface area (Å²) in [4.78, 5) is 23.6. The Bertz CT molecular complexity index is 752. The number of benzene rings is 2. The normalized spacial score (nSPS) is 9.96. The highest BCUT2D eigenvalue weighted by Crippen LogP contribution is 2.25. The van der Waals surface area contributed by atoms with Crippen LogP contribution in [0, 0.1) is 0 Å². The van der Waals surface area contributed by atoms with Crippen LogP contribution in [-0.2, 0) is 0 Å². The molecule has 2 rings (SSSR count).